The van der Waals surface area contributed by atoms with E-state index < -0.39 is 11.9 Å². The predicted octanol–water partition coefficient (Wildman–Crippen LogP) is 6.07. The van der Waals surface area contributed by atoms with Crippen molar-refractivity contribution in [1.82, 2.24) is 19.5 Å². The van der Waals surface area contributed by atoms with Gasteiger partial charge in [0.2, 0.25) is 0 Å². The van der Waals surface area contributed by atoms with Gasteiger partial charge in [-0.05, 0) is 51.0 Å². The number of thiazole rings is 1. The summed E-state index contributed by atoms with van der Waals surface area (Å²) in [5.74, 6) is -1.58. The van der Waals surface area contributed by atoms with Crippen molar-refractivity contribution in [3.63, 3.8) is 0 Å². The Morgan fingerprint density at radius 2 is 1.84 bits per heavy atom. The third-order valence-corrected chi connectivity index (χ3v) is 7.88. The maximum absolute atomic E-state index is 11.8. The van der Waals surface area contributed by atoms with Crippen molar-refractivity contribution in [2.24, 2.45) is 0 Å². The molecule has 37 heavy (non-hydrogen) atoms. The van der Waals surface area contributed by atoms with Gasteiger partial charge in [0.1, 0.15) is 12.4 Å². The quantitative estimate of drug-likeness (QED) is 0.286. The summed E-state index contributed by atoms with van der Waals surface area (Å²) in [4.78, 5) is 38.3. The first kappa shape index (κ1) is 24.8. The maximum Gasteiger partial charge on any atom is 0.328 e. The van der Waals surface area contributed by atoms with E-state index in [0.717, 1.165) is 80.9 Å². The van der Waals surface area contributed by atoms with Crippen LogP contribution in [-0.2, 0) is 16.1 Å². The fourth-order valence-electron chi connectivity index (χ4n) is 5.19. The van der Waals surface area contributed by atoms with Gasteiger partial charge in [-0.25, -0.2) is 19.7 Å². The number of aromatic nitrogens is 4. The molecule has 3 aromatic heterocycles. The van der Waals surface area contributed by atoms with Crippen LogP contribution in [0.3, 0.4) is 0 Å². The van der Waals surface area contributed by atoms with Crippen molar-refractivity contribution in [2.45, 2.75) is 58.4 Å². The van der Waals surface area contributed by atoms with E-state index in [1.54, 1.807) is 15.9 Å². The molecule has 2 N–H and O–H groups in total. The third-order valence-electron chi connectivity index (χ3n) is 6.78. The Kier molecular flexibility index (Phi) is 6.88. The number of rotatable bonds is 7. The first-order valence-corrected chi connectivity index (χ1v) is 13.2. The molecular formula is C28H28N4O4S. The van der Waals surface area contributed by atoms with E-state index in [1.165, 1.54) is 12.5 Å². The van der Waals surface area contributed by atoms with Gasteiger partial charge in [-0.1, -0.05) is 31.4 Å². The molecule has 8 nitrogen and oxygen atoms in total. The minimum atomic E-state index is -1.11. The largest absolute Gasteiger partial charge is 0.480 e. The molecule has 4 aromatic rings. The molecule has 190 valence electrons. The molecule has 1 aliphatic carbocycles. The lowest BCUT2D eigenvalue weighted by Gasteiger charge is -2.22. The van der Waals surface area contributed by atoms with Crippen molar-refractivity contribution < 1.29 is 19.8 Å². The van der Waals surface area contributed by atoms with Gasteiger partial charge in [0.15, 0.2) is 0 Å². The molecule has 0 aliphatic heterocycles. The minimum absolute atomic E-state index is 0.199. The highest BCUT2D eigenvalue weighted by Gasteiger charge is 2.27. The number of fused-ring (bicyclic) bond motifs is 1. The van der Waals surface area contributed by atoms with Crippen LogP contribution < -0.4 is 0 Å². The average molecular weight is 517 g/mol. The van der Waals surface area contributed by atoms with Gasteiger partial charge in [-0.15, -0.1) is 11.3 Å². The summed E-state index contributed by atoms with van der Waals surface area (Å²) >= 11 is 1.62. The molecule has 1 aliphatic rings. The van der Waals surface area contributed by atoms with Gasteiger partial charge in [0.25, 0.3) is 0 Å². The Balaban J connectivity index is 1.65. The summed E-state index contributed by atoms with van der Waals surface area (Å²) in [6.45, 7) is 3.66. The zero-order valence-corrected chi connectivity index (χ0v) is 21.6. The van der Waals surface area contributed by atoms with Gasteiger partial charge < -0.3 is 14.8 Å². The number of carbonyl (C=O) groups is 2. The number of carboxylic acids is 2. The summed E-state index contributed by atoms with van der Waals surface area (Å²) in [6, 6.07) is 9.94. The number of nitrogens with zero attached hydrogens (tertiary/aromatic N) is 4. The molecule has 0 amide bonds. The molecule has 0 spiro atoms. The van der Waals surface area contributed by atoms with Crippen LogP contribution in [0.25, 0.3) is 38.8 Å². The number of imidazole rings is 1. The maximum atomic E-state index is 11.8. The summed E-state index contributed by atoms with van der Waals surface area (Å²) in [6.07, 6.45) is 7.71. The fourth-order valence-corrected chi connectivity index (χ4v) is 6.08. The van der Waals surface area contributed by atoms with Crippen LogP contribution in [0.15, 0.2) is 36.4 Å². The highest BCUT2D eigenvalue weighted by Crippen LogP contribution is 2.39. The summed E-state index contributed by atoms with van der Waals surface area (Å²) < 4.78 is 1.62. The second-order valence-corrected chi connectivity index (χ2v) is 10.6. The van der Waals surface area contributed by atoms with Gasteiger partial charge in [-0.2, -0.15) is 0 Å². The Labute approximate surface area is 218 Å². The minimum Gasteiger partial charge on any atom is -0.480 e. The normalized spacial score (nSPS) is 14.5. The zero-order chi connectivity index (χ0) is 26.1. The third kappa shape index (κ3) is 5.17. The monoisotopic (exact) mass is 516 g/mol. The molecule has 9 heteroatoms. The Morgan fingerprint density at radius 1 is 1.05 bits per heavy atom. The van der Waals surface area contributed by atoms with E-state index in [9.17, 15) is 19.8 Å². The summed E-state index contributed by atoms with van der Waals surface area (Å²) in [7, 11) is 0. The second-order valence-electron chi connectivity index (χ2n) is 9.44. The topological polar surface area (TPSA) is 118 Å². The Morgan fingerprint density at radius 3 is 2.51 bits per heavy atom. The lowest BCUT2D eigenvalue weighted by atomic mass is 9.85. The average Bonchev–Trinajstić information content (AvgIpc) is 3.40. The zero-order valence-electron chi connectivity index (χ0n) is 20.8. The first-order chi connectivity index (χ1) is 17.8. The summed E-state index contributed by atoms with van der Waals surface area (Å²) in [5, 5.41) is 20.8. The van der Waals surface area contributed by atoms with Crippen molar-refractivity contribution in [1.29, 1.82) is 0 Å². The standard InChI is InChI=1S/C28H28N4O4S/c1-16-28(37-17(2)29-16)22-11-8-19-14-20(9-10-21(19)30-22)27-26(18-6-4-3-5-7-18)31-23(12-13-24(33)34)32(27)15-25(35)36/h8-14,18H,3-7,15H2,1-2H3,(H,33,34)(H,35,36). The number of hydrogen-bond donors (Lipinski definition) is 2. The molecule has 1 aromatic carbocycles. The van der Waals surface area contributed by atoms with Crippen LogP contribution in [0.4, 0.5) is 0 Å². The molecule has 3 heterocycles. The number of benzene rings is 1. The van der Waals surface area contributed by atoms with Gasteiger partial charge in [0.05, 0.1) is 38.2 Å². The van der Waals surface area contributed by atoms with E-state index in [0.29, 0.717) is 5.82 Å². The number of carboxylic acid groups (broad SMARTS) is 2. The molecule has 0 unspecified atom stereocenters. The van der Waals surface area contributed by atoms with E-state index in [1.807, 2.05) is 44.2 Å². The molecule has 0 bridgehead atoms. The van der Waals surface area contributed by atoms with Crippen LogP contribution >= 0.6 is 11.3 Å². The van der Waals surface area contributed by atoms with Crippen molar-refractivity contribution >= 4 is 40.3 Å². The van der Waals surface area contributed by atoms with Crippen molar-refractivity contribution in [2.75, 3.05) is 0 Å². The molecular weight excluding hydrogens is 488 g/mol. The molecule has 0 atom stereocenters. The number of hydrogen-bond acceptors (Lipinski definition) is 6. The highest BCUT2D eigenvalue weighted by molar-refractivity contribution is 7.15. The van der Waals surface area contributed by atoms with Crippen LogP contribution in [0.2, 0.25) is 0 Å². The number of aryl methyl sites for hydroxylation is 2. The second kappa shape index (κ2) is 10.3. The molecule has 1 saturated carbocycles. The molecule has 1 fully saturated rings. The van der Waals surface area contributed by atoms with E-state index in [4.69, 9.17) is 9.97 Å². The summed E-state index contributed by atoms with van der Waals surface area (Å²) in [5.41, 5.74) is 5.09. The van der Waals surface area contributed by atoms with Crippen LogP contribution in [-0.4, -0.2) is 41.7 Å². The van der Waals surface area contributed by atoms with E-state index in [-0.39, 0.29) is 12.5 Å². The first-order valence-electron chi connectivity index (χ1n) is 12.4. The van der Waals surface area contributed by atoms with Gasteiger partial charge >= 0.3 is 11.9 Å². The Bertz CT molecular complexity index is 1530. The van der Waals surface area contributed by atoms with E-state index >= 15 is 0 Å². The van der Waals surface area contributed by atoms with Gasteiger partial charge in [0, 0.05) is 22.9 Å². The molecule has 0 saturated heterocycles. The lowest BCUT2D eigenvalue weighted by molar-refractivity contribution is -0.137. The number of aliphatic carboxylic acids is 2. The lowest BCUT2D eigenvalue weighted by Crippen LogP contribution is -2.13. The number of pyridine rings is 1. The van der Waals surface area contributed by atoms with Crippen molar-refractivity contribution in [3.8, 4) is 21.8 Å². The van der Waals surface area contributed by atoms with Crippen LogP contribution in [0.5, 0.6) is 0 Å². The van der Waals surface area contributed by atoms with Crippen molar-refractivity contribution in [3.05, 3.63) is 58.6 Å². The van der Waals surface area contributed by atoms with Crippen LogP contribution in [0, 0.1) is 13.8 Å². The van der Waals surface area contributed by atoms with E-state index in [2.05, 4.69) is 4.98 Å². The van der Waals surface area contributed by atoms with Gasteiger partial charge in [-0.3, -0.25) is 4.79 Å². The Hall–Kier alpha value is -3.85. The fraction of sp³-hybridized carbons (Fsp3) is 0.321. The molecule has 5 rings (SSSR count). The van der Waals surface area contributed by atoms with Crippen LogP contribution in [0.1, 0.15) is 60.2 Å². The SMILES string of the molecule is Cc1nc(C)c(-c2ccc3cc(-c4c(C5CCCCC5)nc(C=CC(=O)O)n4CC(=O)O)ccc3n2)s1. The molecule has 0 radical (unpaired) electrons. The smallest absolute Gasteiger partial charge is 0.328 e. The highest BCUT2D eigenvalue weighted by atomic mass is 32.1. The predicted molar refractivity (Wildman–Crippen MR) is 144 cm³/mol.